The van der Waals surface area contributed by atoms with Gasteiger partial charge in [0.15, 0.2) is 0 Å². The van der Waals surface area contributed by atoms with Gasteiger partial charge in [-0.3, -0.25) is 24.7 Å². The van der Waals surface area contributed by atoms with E-state index < -0.39 is 11.9 Å². The number of imide groups is 1. The van der Waals surface area contributed by atoms with Crippen molar-refractivity contribution in [2.24, 2.45) is 0 Å². The summed E-state index contributed by atoms with van der Waals surface area (Å²) in [5.74, 6) is 0.539. The third kappa shape index (κ3) is 5.56. The van der Waals surface area contributed by atoms with Gasteiger partial charge in [0.1, 0.15) is 11.9 Å². The third-order valence-corrected chi connectivity index (χ3v) is 8.57. The minimum Gasteiger partial charge on any atom is -0.371 e. The van der Waals surface area contributed by atoms with Crippen molar-refractivity contribution in [3.05, 3.63) is 95.9 Å². The van der Waals surface area contributed by atoms with Crippen molar-refractivity contribution >= 4 is 46.5 Å². The molecule has 222 valence electrons. The molecule has 1 atom stereocenters. The zero-order valence-corrected chi connectivity index (χ0v) is 24.1. The molecule has 7 rings (SSSR count). The van der Waals surface area contributed by atoms with Gasteiger partial charge in [-0.1, -0.05) is 18.2 Å². The van der Waals surface area contributed by atoms with Gasteiger partial charge in [0.2, 0.25) is 17.8 Å². The molecule has 11 nitrogen and oxygen atoms in total. The first-order chi connectivity index (χ1) is 21.5. The lowest BCUT2D eigenvalue weighted by Gasteiger charge is -2.33. The van der Waals surface area contributed by atoms with E-state index in [0.717, 1.165) is 48.6 Å². The van der Waals surface area contributed by atoms with E-state index in [1.165, 1.54) is 5.69 Å². The molecule has 2 aromatic carbocycles. The van der Waals surface area contributed by atoms with Crippen molar-refractivity contribution in [1.82, 2.24) is 25.2 Å². The first-order valence-electron chi connectivity index (χ1n) is 14.9. The van der Waals surface area contributed by atoms with E-state index in [4.69, 9.17) is 0 Å². The molecule has 0 aliphatic carbocycles. The number of fused-ring (bicyclic) bond motifs is 1. The van der Waals surface area contributed by atoms with Crippen LogP contribution in [0.15, 0.2) is 79.1 Å². The molecule has 3 aliphatic rings. The minimum absolute atomic E-state index is 0.214. The Labute approximate surface area is 254 Å². The lowest BCUT2D eigenvalue weighted by Crippen LogP contribution is -2.52. The fourth-order valence-corrected chi connectivity index (χ4v) is 6.29. The molecule has 3 amide bonds. The Morgan fingerprint density at radius 2 is 1.70 bits per heavy atom. The fraction of sp³-hybridized carbons (Fsp3) is 0.273. The first kappa shape index (κ1) is 27.5. The second kappa shape index (κ2) is 11.8. The lowest BCUT2D eigenvalue weighted by atomic mass is 9.93. The van der Waals surface area contributed by atoms with Crippen molar-refractivity contribution in [1.29, 1.82) is 0 Å². The van der Waals surface area contributed by atoms with Gasteiger partial charge < -0.3 is 20.4 Å². The Kier molecular flexibility index (Phi) is 7.35. The summed E-state index contributed by atoms with van der Waals surface area (Å²) in [6.45, 7) is 2.20. The highest BCUT2D eigenvalue weighted by molar-refractivity contribution is 6.06. The number of aromatic nitrogens is 3. The molecule has 44 heavy (non-hydrogen) atoms. The van der Waals surface area contributed by atoms with Crippen LogP contribution in [0.25, 0.3) is 0 Å². The van der Waals surface area contributed by atoms with Crippen LogP contribution < -0.4 is 20.9 Å². The van der Waals surface area contributed by atoms with Gasteiger partial charge in [0.05, 0.1) is 0 Å². The predicted octanol–water partition coefficient (Wildman–Crippen LogP) is 4.50. The summed E-state index contributed by atoms with van der Waals surface area (Å²) >= 11 is 0. The zero-order chi connectivity index (χ0) is 30.0. The average molecular weight is 589 g/mol. The second-order valence-electron chi connectivity index (χ2n) is 11.3. The Morgan fingerprint density at radius 1 is 0.841 bits per heavy atom. The topological polar surface area (TPSA) is 132 Å². The number of nitrogens with one attached hydrogen (secondary N) is 3. The molecule has 0 saturated carbocycles. The maximum atomic E-state index is 13.2. The van der Waals surface area contributed by atoms with E-state index in [1.807, 2.05) is 30.5 Å². The molecular weight excluding hydrogens is 556 g/mol. The molecule has 2 saturated heterocycles. The summed E-state index contributed by atoms with van der Waals surface area (Å²) in [6, 6.07) is 20.9. The number of carbonyl (C=O) groups is 3. The highest BCUT2D eigenvalue weighted by Gasteiger charge is 2.39. The largest absolute Gasteiger partial charge is 0.371 e. The Balaban J connectivity index is 1.02. The van der Waals surface area contributed by atoms with Crippen LogP contribution in [-0.4, -0.2) is 56.7 Å². The summed E-state index contributed by atoms with van der Waals surface area (Å²) in [5, 5.41) is 9.01. The molecule has 0 bridgehead atoms. The maximum absolute atomic E-state index is 13.2. The van der Waals surface area contributed by atoms with Crippen molar-refractivity contribution in [2.75, 3.05) is 28.6 Å². The van der Waals surface area contributed by atoms with Crippen molar-refractivity contribution < 1.29 is 14.4 Å². The average Bonchev–Trinajstić information content (AvgIpc) is 3.38. The second-order valence-corrected chi connectivity index (χ2v) is 11.3. The number of nitrogens with zero attached hydrogens (tertiary/aromatic N) is 5. The molecule has 1 unspecified atom stereocenters. The lowest BCUT2D eigenvalue weighted by molar-refractivity contribution is -0.136. The Bertz CT molecular complexity index is 1720. The van der Waals surface area contributed by atoms with Gasteiger partial charge in [0, 0.05) is 78.2 Å². The van der Waals surface area contributed by atoms with Crippen molar-refractivity contribution in [3.63, 3.8) is 0 Å². The molecule has 0 radical (unpaired) electrons. The van der Waals surface area contributed by atoms with Crippen LogP contribution in [0.1, 0.15) is 53.2 Å². The van der Waals surface area contributed by atoms with Gasteiger partial charge in [-0.2, -0.15) is 4.98 Å². The van der Waals surface area contributed by atoms with Crippen LogP contribution in [0, 0.1) is 0 Å². The van der Waals surface area contributed by atoms with E-state index in [-0.39, 0.29) is 24.8 Å². The summed E-state index contributed by atoms with van der Waals surface area (Å²) in [6.07, 6.45) is 6.20. The quantitative estimate of drug-likeness (QED) is 0.267. The summed E-state index contributed by atoms with van der Waals surface area (Å²) in [7, 11) is 0. The molecule has 11 heteroatoms. The van der Waals surface area contributed by atoms with Gasteiger partial charge >= 0.3 is 0 Å². The van der Waals surface area contributed by atoms with Gasteiger partial charge in [-0.25, -0.2) is 4.98 Å². The maximum Gasteiger partial charge on any atom is 0.255 e. The Hall–Kier alpha value is -5.32. The smallest absolute Gasteiger partial charge is 0.255 e. The zero-order valence-electron chi connectivity index (χ0n) is 24.1. The predicted molar refractivity (Wildman–Crippen MR) is 166 cm³/mol. The van der Waals surface area contributed by atoms with Crippen LogP contribution in [0.4, 0.5) is 28.8 Å². The number of hydrogen-bond acceptors (Lipinski definition) is 9. The SMILES string of the molecule is O=C1CCC(N2Cc3c(Nc4ccnc(Nc5cccc(N6CCC(c7ccccn7)CC6)c5)n4)cccc3C2=O)C(=O)N1. The number of hydrogen-bond donors (Lipinski definition) is 3. The molecule has 2 fully saturated rings. The highest BCUT2D eigenvalue weighted by atomic mass is 16.2. The number of pyridine rings is 1. The highest BCUT2D eigenvalue weighted by Crippen LogP contribution is 2.34. The summed E-state index contributed by atoms with van der Waals surface area (Å²) in [4.78, 5) is 54.9. The summed E-state index contributed by atoms with van der Waals surface area (Å²) in [5.41, 5.74) is 5.26. The minimum atomic E-state index is -0.668. The number of rotatable bonds is 7. The normalized spacial score (nSPS) is 18.6. The number of carbonyl (C=O) groups excluding carboxylic acids is 3. The van der Waals surface area contributed by atoms with Crippen LogP contribution in [0.2, 0.25) is 0 Å². The van der Waals surface area contributed by atoms with E-state index in [9.17, 15) is 14.4 Å². The number of anilines is 5. The van der Waals surface area contributed by atoms with Crippen molar-refractivity contribution in [3.8, 4) is 0 Å². The number of benzene rings is 2. The molecule has 3 aliphatic heterocycles. The molecule has 5 heterocycles. The van der Waals surface area contributed by atoms with Crippen molar-refractivity contribution in [2.45, 2.75) is 44.2 Å². The standard InChI is InChI=1S/C33H32N8O3/c42-30-11-10-28(31(43)39-30)41-20-25-24(32(41)44)7-4-9-27(25)37-29-12-16-35-33(38-29)36-22-5-3-6-23(19-22)40-17-13-21(14-18-40)26-8-1-2-15-34-26/h1-9,12,15-16,19,21,28H,10-11,13-14,17-18,20H2,(H,39,42,43)(H2,35,36,37,38). The first-order valence-corrected chi connectivity index (χ1v) is 14.9. The number of amides is 3. The molecule has 4 aromatic rings. The van der Waals surface area contributed by atoms with Gasteiger partial charge in [-0.15, -0.1) is 0 Å². The van der Waals surface area contributed by atoms with Gasteiger partial charge in [-0.05, 0) is 67.8 Å². The van der Waals surface area contributed by atoms with Crippen LogP contribution in [-0.2, 0) is 16.1 Å². The monoisotopic (exact) mass is 588 g/mol. The van der Waals surface area contributed by atoms with Crippen LogP contribution in [0.3, 0.4) is 0 Å². The molecule has 0 spiro atoms. The number of piperidine rings is 2. The fourth-order valence-electron chi connectivity index (χ4n) is 6.29. The molecule has 2 aromatic heterocycles. The van der Waals surface area contributed by atoms with Crippen LogP contribution in [0.5, 0.6) is 0 Å². The van der Waals surface area contributed by atoms with E-state index in [2.05, 4.69) is 60.1 Å². The third-order valence-electron chi connectivity index (χ3n) is 8.57. The molecular formula is C33H32N8O3. The Morgan fingerprint density at radius 3 is 2.52 bits per heavy atom. The molecule has 3 N–H and O–H groups in total. The van der Waals surface area contributed by atoms with Gasteiger partial charge in [0.25, 0.3) is 5.91 Å². The van der Waals surface area contributed by atoms with Crippen LogP contribution >= 0.6 is 0 Å². The van der Waals surface area contributed by atoms with E-state index in [0.29, 0.717) is 29.7 Å². The van der Waals surface area contributed by atoms with E-state index >= 15 is 0 Å². The summed E-state index contributed by atoms with van der Waals surface area (Å²) < 4.78 is 0. The van der Waals surface area contributed by atoms with E-state index in [1.54, 1.807) is 29.3 Å².